The molecule has 0 saturated carbocycles. The predicted molar refractivity (Wildman–Crippen MR) is 96.2 cm³/mol. The third-order valence-electron chi connectivity index (χ3n) is 3.89. The lowest BCUT2D eigenvalue weighted by Gasteiger charge is -2.21. The summed E-state index contributed by atoms with van der Waals surface area (Å²) in [7, 11) is 0. The Morgan fingerprint density at radius 3 is 2.24 bits per heavy atom. The van der Waals surface area contributed by atoms with E-state index < -0.39 is 0 Å². The van der Waals surface area contributed by atoms with Gasteiger partial charge in [0.2, 0.25) is 0 Å². The van der Waals surface area contributed by atoms with Crippen molar-refractivity contribution in [1.29, 1.82) is 0 Å². The highest BCUT2D eigenvalue weighted by molar-refractivity contribution is 6.27. The van der Waals surface area contributed by atoms with Crippen LogP contribution < -0.4 is 16.9 Å². The van der Waals surface area contributed by atoms with Crippen LogP contribution in [0.15, 0.2) is 45.3 Å². The van der Waals surface area contributed by atoms with Crippen LogP contribution in [0.2, 0.25) is 0 Å². The Labute approximate surface area is 143 Å². The fourth-order valence-corrected chi connectivity index (χ4v) is 2.85. The van der Waals surface area contributed by atoms with Gasteiger partial charge in [0.25, 0.3) is 0 Å². The number of fused-ring (bicyclic) bond motifs is 2. The van der Waals surface area contributed by atoms with Crippen LogP contribution in [0.3, 0.4) is 0 Å². The van der Waals surface area contributed by atoms with Crippen LogP contribution >= 0.6 is 0 Å². The Balaban J connectivity index is 2.40. The smallest absolute Gasteiger partial charge is 0.198 e. The Morgan fingerprint density at radius 1 is 1.04 bits per heavy atom. The summed E-state index contributed by atoms with van der Waals surface area (Å²) in [5.41, 5.74) is 12.2. The molecule has 25 heavy (non-hydrogen) atoms. The molecule has 0 saturated heterocycles. The number of allylic oxidation sites excluding steroid dienone is 2. The Bertz CT molecular complexity index is 927. The quantitative estimate of drug-likeness (QED) is 0.578. The number of rotatable bonds is 4. The van der Waals surface area contributed by atoms with E-state index in [1.165, 1.54) is 12.3 Å². The molecule has 6 N–H and O–H groups in total. The molecule has 1 heterocycles. The highest BCUT2D eigenvalue weighted by Gasteiger charge is 2.30. The van der Waals surface area contributed by atoms with Crippen LogP contribution in [0, 0.1) is 0 Å². The highest BCUT2D eigenvalue weighted by atomic mass is 16.5. The van der Waals surface area contributed by atoms with Crippen LogP contribution in [-0.4, -0.2) is 52.6 Å². The lowest BCUT2D eigenvalue weighted by Crippen LogP contribution is -2.27. The summed E-state index contributed by atoms with van der Waals surface area (Å²) in [6.45, 7) is 1.36. The van der Waals surface area contributed by atoms with Gasteiger partial charge in [0.05, 0.1) is 41.2 Å². The van der Waals surface area contributed by atoms with Gasteiger partial charge in [-0.15, -0.1) is 0 Å². The molecule has 8 nitrogen and oxygen atoms in total. The first-order chi connectivity index (χ1) is 12.1. The molecule has 0 aromatic carbocycles. The molecule has 0 aromatic heterocycles. The Morgan fingerprint density at radius 2 is 1.64 bits per heavy atom. The van der Waals surface area contributed by atoms with E-state index in [4.69, 9.17) is 11.5 Å². The molecular formula is C17H19N5O3. The summed E-state index contributed by atoms with van der Waals surface area (Å²) < 4.78 is 0.724. The van der Waals surface area contributed by atoms with E-state index in [1.54, 1.807) is 18.2 Å². The van der Waals surface area contributed by atoms with Crippen LogP contribution in [0.4, 0.5) is 0 Å². The van der Waals surface area contributed by atoms with Crippen LogP contribution in [0.5, 0.6) is 5.75 Å². The molecule has 0 aromatic rings. The number of phenolic OH excluding ortho intramolecular Hbond substituents is 1. The second-order valence-electron chi connectivity index (χ2n) is 5.49. The zero-order valence-corrected chi connectivity index (χ0v) is 13.5. The summed E-state index contributed by atoms with van der Waals surface area (Å²) in [5, 5.41) is 20.8. The van der Waals surface area contributed by atoms with E-state index in [0.717, 1.165) is 4.73 Å². The van der Waals surface area contributed by atoms with Gasteiger partial charge in [-0.2, -0.15) is 4.73 Å². The van der Waals surface area contributed by atoms with Crippen molar-refractivity contribution in [3.63, 3.8) is 0 Å². The topological polar surface area (TPSA) is 139 Å². The molecule has 0 spiro atoms. The third kappa shape index (κ3) is 2.81. The fourth-order valence-electron chi connectivity index (χ4n) is 2.85. The average Bonchev–Trinajstić information content (AvgIpc) is 2.62. The van der Waals surface area contributed by atoms with Crippen molar-refractivity contribution in [3.05, 3.63) is 51.8 Å². The normalized spacial score (nSPS) is 16.7. The van der Waals surface area contributed by atoms with E-state index in [9.17, 15) is 15.1 Å². The average molecular weight is 341 g/mol. The van der Waals surface area contributed by atoms with Crippen LogP contribution in [0.1, 0.15) is 11.1 Å². The lowest BCUT2D eigenvalue weighted by atomic mass is 9.88. The molecule has 0 bridgehead atoms. The maximum absolute atomic E-state index is 13.0. The molecule has 2 aliphatic carbocycles. The molecule has 0 fully saturated rings. The SMILES string of the molecule is NCCN=C1C=CC(=NCCN)c2c1c(O)c1n(O)cccc-1c2=O. The van der Waals surface area contributed by atoms with Gasteiger partial charge in [0.15, 0.2) is 11.2 Å². The number of nitrogens with zero attached hydrogens (tertiary/aromatic N) is 3. The van der Waals surface area contributed by atoms with Gasteiger partial charge in [-0.25, -0.2) is 0 Å². The molecule has 0 amide bonds. The number of phenols is 1. The number of pyridine rings is 1. The van der Waals surface area contributed by atoms with E-state index in [-0.39, 0.29) is 33.6 Å². The number of hydrogen-bond acceptors (Lipinski definition) is 7. The van der Waals surface area contributed by atoms with Gasteiger partial charge in [0, 0.05) is 19.3 Å². The maximum atomic E-state index is 13.0. The summed E-state index contributed by atoms with van der Waals surface area (Å²) in [4.78, 5) is 21.7. The van der Waals surface area contributed by atoms with Gasteiger partial charge in [0.1, 0.15) is 5.69 Å². The van der Waals surface area contributed by atoms with E-state index in [2.05, 4.69) is 9.98 Å². The summed E-state index contributed by atoms with van der Waals surface area (Å²) in [5.74, 6) is -0.228. The predicted octanol–water partition coefficient (Wildman–Crippen LogP) is -0.0386. The van der Waals surface area contributed by atoms with E-state index in [0.29, 0.717) is 37.6 Å². The molecule has 3 aliphatic rings. The number of aromatic nitrogens is 1. The minimum atomic E-state index is -0.341. The van der Waals surface area contributed by atoms with Crippen molar-refractivity contribution >= 4 is 11.4 Å². The molecule has 0 unspecified atom stereocenters. The number of aromatic hydroxyl groups is 1. The number of nitrogens with two attached hydrogens (primary N) is 2. The minimum Gasteiger partial charge on any atom is -0.505 e. The van der Waals surface area contributed by atoms with Crippen LogP contribution in [0.25, 0.3) is 11.3 Å². The second-order valence-corrected chi connectivity index (χ2v) is 5.49. The minimum absolute atomic E-state index is 0.0279. The Kier molecular flexibility index (Phi) is 4.64. The standard InChI is InChI=1S/C17H19N5O3/c18-5-7-20-11-3-4-12(21-8-6-19)14-13(11)16(23)10-2-1-9-22(25)15(10)17(14)24/h1-4,9,24-25H,5-8,18-19H2. The van der Waals surface area contributed by atoms with Gasteiger partial charge >= 0.3 is 0 Å². The summed E-state index contributed by atoms with van der Waals surface area (Å²) in [6.07, 6.45) is 4.69. The zero-order valence-electron chi connectivity index (χ0n) is 13.5. The molecule has 3 rings (SSSR count). The zero-order chi connectivity index (χ0) is 18.0. The van der Waals surface area contributed by atoms with Gasteiger partial charge < -0.3 is 21.8 Å². The van der Waals surface area contributed by atoms with E-state index >= 15 is 0 Å². The van der Waals surface area contributed by atoms with Gasteiger partial charge in [-0.05, 0) is 24.3 Å². The van der Waals surface area contributed by atoms with E-state index in [1.807, 2.05) is 0 Å². The first-order valence-corrected chi connectivity index (χ1v) is 7.87. The fraction of sp³-hybridized carbons (Fsp3) is 0.235. The van der Waals surface area contributed by atoms with Crippen LogP contribution in [-0.2, 0) is 0 Å². The molecule has 130 valence electrons. The molecular weight excluding hydrogens is 322 g/mol. The number of hydrogen-bond donors (Lipinski definition) is 4. The van der Waals surface area contributed by atoms with Crippen molar-refractivity contribution in [3.8, 4) is 17.0 Å². The first-order valence-electron chi connectivity index (χ1n) is 7.87. The summed E-state index contributed by atoms with van der Waals surface area (Å²) in [6, 6.07) is 3.06. The molecule has 0 radical (unpaired) electrons. The number of benzene rings is 1. The lowest BCUT2D eigenvalue weighted by molar-refractivity contribution is 0.186. The third-order valence-corrected chi connectivity index (χ3v) is 3.89. The Hall–Kier alpha value is -2.97. The van der Waals surface area contributed by atoms with Crippen molar-refractivity contribution in [1.82, 2.24) is 4.73 Å². The van der Waals surface area contributed by atoms with Crippen molar-refractivity contribution in [2.45, 2.75) is 0 Å². The largest absolute Gasteiger partial charge is 0.505 e. The van der Waals surface area contributed by atoms with Crippen molar-refractivity contribution in [2.75, 3.05) is 26.2 Å². The van der Waals surface area contributed by atoms with Crippen molar-refractivity contribution < 1.29 is 10.3 Å². The first kappa shape index (κ1) is 16.9. The van der Waals surface area contributed by atoms with Gasteiger partial charge in [-0.1, -0.05) is 0 Å². The summed E-state index contributed by atoms with van der Waals surface area (Å²) >= 11 is 0. The monoisotopic (exact) mass is 341 g/mol. The molecule has 0 atom stereocenters. The number of aliphatic imine (C=N–C) groups is 2. The molecule has 1 aliphatic heterocycles. The van der Waals surface area contributed by atoms with Gasteiger partial charge in [-0.3, -0.25) is 14.8 Å². The highest BCUT2D eigenvalue weighted by Crippen LogP contribution is 2.35. The van der Waals surface area contributed by atoms with Crippen molar-refractivity contribution in [2.24, 2.45) is 21.5 Å². The second kappa shape index (κ2) is 6.88. The molecule has 8 heteroatoms. The maximum Gasteiger partial charge on any atom is 0.198 e.